The zero-order valence-corrected chi connectivity index (χ0v) is 15.3. The second-order valence-electron chi connectivity index (χ2n) is 7.73. The summed E-state index contributed by atoms with van der Waals surface area (Å²) in [6.07, 6.45) is 10.5. The quantitative estimate of drug-likeness (QED) is 0.680. The molecule has 0 aromatic heterocycles. The average molecular weight is 358 g/mol. The second-order valence-corrected chi connectivity index (χ2v) is 7.73. The number of hydrogen-bond acceptors (Lipinski definition) is 3. The van der Waals surface area contributed by atoms with E-state index in [0.717, 1.165) is 38.5 Å². The minimum absolute atomic E-state index is 0. The highest BCUT2D eigenvalue weighted by Crippen LogP contribution is 2.33. The lowest BCUT2D eigenvalue weighted by Gasteiger charge is -2.30. The third-order valence-electron chi connectivity index (χ3n) is 5.94. The molecule has 3 aliphatic rings. The van der Waals surface area contributed by atoms with Gasteiger partial charge in [-0.2, -0.15) is 0 Å². The maximum Gasteiger partial charge on any atom is 0.223 e. The molecule has 3 rings (SSSR count). The van der Waals surface area contributed by atoms with E-state index < -0.39 is 0 Å². The summed E-state index contributed by atoms with van der Waals surface area (Å²) in [5.41, 5.74) is 5.77. The minimum Gasteiger partial charge on any atom is -0.353 e. The first-order chi connectivity index (χ1) is 11.2. The van der Waals surface area contributed by atoms with Crippen LogP contribution in [0.2, 0.25) is 0 Å². The van der Waals surface area contributed by atoms with Crippen LogP contribution in [0.5, 0.6) is 0 Å². The summed E-state index contributed by atoms with van der Waals surface area (Å²) in [5.74, 6) is 1.36. The number of hydrogen-bond donors (Lipinski definition) is 3. The second kappa shape index (κ2) is 9.04. The molecule has 3 saturated carbocycles. The molecule has 6 heteroatoms. The topological polar surface area (TPSA) is 84.2 Å². The Kier molecular flexibility index (Phi) is 7.35. The molecule has 0 saturated heterocycles. The number of nitrogens with one attached hydrogen (secondary N) is 2. The Morgan fingerprint density at radius 2 is 1.46 bits per heavy atom. The molecule has 2 amide bonds. The Bertz CT molecular complexity index is 428. The van der Waals surface area contributed by atoms with Crippen LogP contribution in [0.1, 0.15) is 64.2 Å². The molecule has 1 unspecified atom stereocenters. The van der Waals surface area contributed by atoms with Crippen molar-refractivity contribution in [1.82, 2.24) is 10.6 Å². The fourth-order valence-corrected chi connectivity index (χ4v) is 4.18. The first-order valence-corrected chi connectivity index (χ1v) is 9.48. The van der Waals surface area contributed by atoms with Gasteiger partial charge in [0.05, 0.1) is 0 Å². The van der Waals surface area contributed by atoms with E-state index in [4.69, 9.17) is 5.73 Å². The Labute approximate surface area is 151 Å². The summed E-state index contributed by atoms with van der Waals surface area (Å²) in [7, 11) is 0. The molecule has 0 aromatic carbocycles. The summed E-state index contributed by atoms with van der Waals surface area (Å²) in [4.78, 5) is 24.6. The smallest absolute Gasteiger partial charge is 0.223 e. The van der Waals surface area contributed by atoms with Gasteiger partial charge in [-0.05, 0) is 57.3 Å². The fourth-order valence-electron chi connectivity index (χ4n) is 4.18. The standard InChI is InChI=1S/C18H31N3O2.ClH/c19-11-16(12-5-6-12)21-18(23)14-7-9-15(10-8-14)20-17(22)13-3-1-2-4-13;/h12-16H,1-11,19H2,(H,20,22)(H,21,23);1H. The van der Waals surface area contributed by atoms with E-state index in [9.17, 15) is 9.59 Å². The van der Waals surface area contributed by atoms with E-state index in [-0.39, 0.29) is 48.1 Å². The maximum atomic E-state index is 12.4. The highest BCUT2D eigenvalue weighted by molar-refractivity contribution is 5.85. The van der Waals surface area contributed by atoms with E-state index in [2.05, 4.69) is 10.6 Å². The third-order valence-corrected chi connectivity index (χ3v) is 5.94. The van der Waals surface area contributed by atoms with Crippen molar-refractivity contribution in [3.63, 3.8) is 0 Å². The zero-order valence-electron chi connectivity index (χ0n) is 14.5. The van der Waals surface area contributed by atoms with E-state index in [1.165, 1.54) is 25.7 Å². The monoisotopic (exact) mass is 357 g/mol. The van der Waals surface area contributed by atoms with Crippen molar-refractivity contribution in [3.8, 4) is 0 Å². The lowest BCUT2D eigenvalue weighted by Crippen LogP contribution is -2.47. The number of amides is 2. The molecule has 1 atom stereocenters. The summed E-state index contributed by atoms with van der Waals surface area (Å²) >= 11 is 0. The molecule has 0 bridgehead atoms. The van der Waals surface area contributed by atoms with E-state index in [1.807, 2.05) is 0 Å². The molecule has 138 valence electrons. The number of carbonyl (C=O) groups excluding carboxylic acids is 2. The Balaban J connectivity index is 0.00000208. The van der Waals surface area contributed by atoms with Crippen LogP contribution < -0.4 is 16.4 Å². The molecule has 0 spiro atoms. The van der Waals surface area contributed by atoms with Crippen LogP contribution in [0.4, 0.5) is 0 Å². The average Bonchev–Trinajstić information content (AvgIpc) is 3.26. The van der Waals surface area contributed by atoms with Crippen molar-refractivity contribution >= 4 is 24.2 Å². The molecule has 4 N–H and O–H groups in total. The first kappa shape index (κ1) is 19.5. The van der Waals surface area contributed by atoms with Gasteiger partial charge in [0, 0.05) is 30.5 Å². The lowest BCUT2D eigenvalue weighted by molar-refractivity contribution is -0.127. The van der Waals surface area contributed by atoms with Gasteiger partial charge in [0.1, 0.15) is 0 Å². The normalized spacial score (nSPS) is 28.7. The summed E-state index contributed by atoms with van der Waals surface area (Å²) in [5, 5.41) is 6.36. The van der Waals surface area contributed by atoms with Crippen LogP contribution in [0.25, 0.3) is 0 Å². The Morgan fingerprint density at radius 3 is 2.00 bits per heavy atom. The van der Waals surface area contributed by atoms with E-state index in [1.54, 1.807) is 0 Å². The van der Waals surface area contributed by atoms with Gasteiger partial charge in [-0.15, -0.1) is 12.4 Å². The van der Waals surface area contributed by atoms with Gasteiger partial charge < -0.3 is 16.4 Å². The first-order valence-electron chi connectivity index (χ1n) is 9.48. The molecule has 0 radical (unpaired) electrons. The van der Waals surface area contributed by atoms with Crippen molar-refractivity contribution in [2.24, 2.45) is 23.5 Å². The predicted molar refractivity (Wildman–Crippen MR) is 96.8 cm³/mol. The molecule has 24 heavy (non-hydrogen) atoms. The van der Waals surface area contributed by atoms with Gasteiger partial charge in [-0.25, -0.2) is 0 Å². The SMILES string of the molecule is Cl.NCC(NC(=O)C1CCC(NC(=O)C2CCCC2)CC1)C1CC1. The van der Waals surface area contributed by atoms with Crippen molar-refractivity contribution in [2.75, 3.05) is 6.54 Å². The third kappa shape index (κ3) is 5.09. The molecular formula is C18H32ClN3O2. The largest absolute Gasteiger partial charge is 0.353 e. The number of halogens is 1. The fraction of sp³-hybridized carbons (Fsp3) is 0.889. The van der Waals surface area contributed by atoms with Gasteiger partial charge in [-0.3, -0.25) is 9.59 Å². The van der Waals surface area contributed by atoms with Crippen LogP contribution in [0.3, 0.4) is 0 Å². The molecular weight excluding hydrogens is 326 g/mol. The van der Waals surface area contributed by atoms with Crippen molar-refractivity contribution < 1.29 is 9.59 Å². The molecule has 3 aliphatic carbocycles. The van der Waals surface area contributed by atoms with Crippen molar-refractivity contribution in [3.05, 3.63) is 0 Å². The summed E-state index contributed by atoms with van der Waals surface area (Å²) < 4.78 is 0. The minimum atomic E-state index is 0. The van der Waals surface area contributed by atoms with E-state index in [0.29, 0.717) is 12.5 Å². The molecule has 0 aliphatic heterocycles. The van der Waals surface area contributed by atoms with Crippen LogP contribution >= 0.6 is 12.4 Å². The Hall–Kier alpha value is -0.810. The number of carbonyl (C=O) groups is 2. The van der Waals surface area contributed by atoms with Crippen molar-refractivity contribution in [2.45, 2.75) is 76.3 Å². The van der Waals surface area contributed by atoms with Gasteiger partial charge >= 0.3 is 0 Å². The van der Waals surface area contributed by atoms with Gasteiger partial charge in [0.15, 0.2) is 0 Å². The van der Waals surface area contributed by atoms with Crippen LogP contribution in [0, 0.1) is 17.8 Å². The van der Waals surface area contributed by atoms with Crippen molar-refractivity contribution in [1.29, 1.82) is 0 Å². The highest BCUT2D eigenvalue weighted by atomic mass is 35.5. The molecule has 3 fully saturated rings. The molecule has 5 nitrogen and oxygen atoms in total. The number of nitrogens with two attached hydrogens (primary N) is 1. The summed E-state index contributed by atoms with van der Waals surface area (Å²) in [6, 6.07) is 0.434. The number of rotatable bonds is 6. The lowest BCUT2D eigenvalue weighted by atomic mass is 9.85. The Morgan fingerprint density at radius 1 is 0.875 bits per heavy atom. The van der Waals surface area contributed by atoms with E-state index >= 15 is 0 Å². The highest BCUT2D eigenvalue weighted by Gasteiger charge is 2.34. The molecule has 0 heterocycles. The van der Waals surface area contributed by atoms with Gasteiger partial charge in [0.2, 0.25) is 11.8 Å². The van der Waals surface area contributed by atoms with Crippen LogP contribution in [-0.2, 0) is 9.59 Å². The van der Waals surface area contributed by atoms with Gasteiger partial charge in [0.25, 0.3) is 0 Å². The predicted octanol–water partition coefficient (Wildman–Crippen LogP) is 2.13. The summed E-state index contributed by atoms with van der Waals surface area (Å²) in [6.45, 7) is 0.545. The van der Waals surface area contributed by atoms with Gasteiger partial charge in [-0.1, -0.05) is 12.8 Å². The maximum absolute atomic E-state index is 12.4. The molecule has 0 aromatic rings. The van der Waals surface area contributed by atoms with Crippen LogP contribution in [-0.4, -0.2) is 30.4 Å². The van der Waals surface area contributed by atoms with Crippen LogP contribution in [0.15, 0.2) is 0 Å². The zero-order chi connectivity index (χ0) is 16.2.